The molecule has 1 atom stereocenters. The topological polar surface area (TPSA) is 111 Å². The van der Waals surface area contributed by atoms with Crippen molar-refractivity contribution in [1.29, 1.82) is 0 Å². The Hall–Kier alpha value is -2.08. The van der Waals surface area contributed by atoms with Gasteiger partial charge in [-0.2, -0.15) is 0 Å². The highest BCUT2D eigenvalue weighted by molar-refractivity contribution is 5.83. The molecule has 1 amide bonds. The summed E-state index contributed by atoms with van der Waals surface area (Å²) in [6.45, 7) is 1.61. The van der Waals surface area contributed by atoms with Crippen LogP contribution in [-0.4, -0.2) is 29.9 Å². The molecule has 1 aromatic carbocycles. The molecule has 102 valence electrons. The number of hydrogen-bond acceptors (Lipinski definition) is 3. The minimum Gasteiger partial charge on any atom is -0.370 e. The third-order valence-corrected chi connectivity index (χ3v) is 3.19. The summed E-state index contributed by atoms with van der Waals surface area (Å²) in [5.74, 6) is -0.0164. The second kappa shape index (κ2) is 5.71. The van der Waals surface area contributed by atoms with Gasteiger partial charge in [0.2, 0.25) is 5.91 Å². The van der Waals surface area contributed by atoms with Crippen molar-refractivity contribution < 1.29 is 4.79 Å². The van der Waals surface area contributed by atoms with Crippen molar-refractivity contribution in [2.45, 2.75) is 18.9 Å². The molecule has 0 saturated carbocycles. The smallest absolute Gasteiger partial charge is 0.244 e. The molecule has 0 radical (unpaired) electrons. The normalized spacial score (nSPS) is 16.2. The molecule has 0 aliphatic carbocycles. The molecule has 0 spiro atoms. The van der Waals surface area contributed by atoms with E-state index >= 15 is 0 Å². The second-order valence-corrected chi connectivity index (χ2v) is 4.64. The van der Waals surface area contributed by atoms with Crippen molar-refractivity contribution in [3.8, 4) is 0 Å². The number of amides is 1. The number of likely N-dealkylation sites (tertiary alicyclic amines) is 1. The number of nitrogens with two attached hydrogens (primary N) is 3. The number of benzene rings is 1. The standard InChI is InChI=1S/C13H19N5O/c14-11(12(19)18-7-1-2-8-18)9-3-5-10(6-4-9)17-13(15)16/h3-6,11H,1-2,7-8,14H2,(H4,15,16,17). The van der Waals surface area contributed by atoms with E-state index in [0.29, 0.717) is 5.69 Å². The summed E-state index contributed by atoms with van der Waals surface area (Å²) in [5, 5.41) is 0. The predicted octanol–water partition coefficient (Wildman–Crippen LogP) is 0.214. The average Bonchev–Trinajstić information content (AvgIpc) is 2.91. The molecule has 1 aliphatic rings. The second-order valence-electron chi connectivity index (χ2n) is 4.64. The molecular formula is C13H19N5O. The van der Waals surface area contributed by atoms with Crippen LogP contribution in [0.5, 0.6) is 0 Å². The van der Waals surface area contributed by atoms with E-state index in [4.69, 9.17) is 17.2 Å². The van der Waals surface area contributed by atoms with Gasteiger partial charge in [0.25, 0.3) is 0 Å². The number of carbonyl (C=O) groups is 1. The number of hydrogen-bond donors (Lipinski definition) is 3. The summed E-state index contributed by atoms with van der Waals surface area (Å²) in [4.78, 5) is 17.9. The van der Waals surface area contributed by atoms with E-state index < -0.39 is 6.04 Å². The largest absolute Gasteiger partial charge is 0.370 e. The van der Waals surface area contributed by atoms with Crippen molar-refractivity contribution in [1.82, 2.24) is 4.90 Å². The summed E-state index contributed by atoms with van der Waals surface area (Å²) in [5.41, 5.74) is 18.0. The third-order valence-electron chi connectivity index (χ3n) is 3.19. The van der Waals surface area contributed by atoms with Crippen LogP contribution in [0.3, 0.4) is 0 Å². The van der Waals surface area contributed by atoms with E-state index in [0.717, 1.165) is 31.5 Å². The Labute approximate surface area is 112 Å². The van der Waals surface area contributed by atoms with Crippen LogP contribution in [0.25, 0.3) is 0 Å². The van der Waals surface area contributed by atoms with Crippen molar-refractivity contribution in [3.05, 3.63) is 29.8 Å². The van der Waals surface area contributed by atoms with Crippen LogP contribution < -0.4 is 17.2 Å². The summed E-state index contributed by atoms with van der Waals surface area (Å²) in [6.07, 6.45) is 2.11. The Bertz CT molecular complexity index is 472. The van der Waals surface area contributed by atoms with Crippen LogP contribution >= 0.6 is 0 Å². The number of nitrogens with zero attached hydrogens (tertiary/aromatic N) is 2. The van der Waals surface area contributed by atoms with E-state index in [1.807, 2.05) is 4.90 Å². The molecule has 1 fully saturated rings. The van der Waals surface area contributed by atoms with Crippen LogP contribution in [0.1, 0.15) is 24.4 Å². The summed E-state index contributed by atoms with van der Waals surface area (Å²) >= 11 is 0. The Morgan fingerprint density at radius 3 is 2.26 bits per heavy atom. The van der Waals surface area contributed by atoms with Gasteiger partial charge in [0.1, 0.15) is 6.04 Å². The summed E-state index contributed by atoms with van der Waals surface area (Å²) < 4.78 is 0. The molecule has 6 nitrogen and oxygen atoms in total. The van der Waals surface area contributed by atoms with E-state index in [9.17, 15) is 4.79 Å². The van der Waals surface area contributed by atoms with Gasteiger partial charge in [-0.1, -0.05) is 12.1 Å². The van der Waals surface area contributed by atoms with Gasteiger partial charge in [-0.3, -0.25) is 4.79 Å². The monoisotopic (exact) mass is 261 g/mol. The number of rotatable bonds is 3. The molecule has 0 bridgehead atoms. The lowest BCUT2D eigenvalue weighted by Gasteiger charge is -2.20. The zero-order valence-corrected chi connectivity index (χ0v) is 10.7. The number of aliphatic imine (C=N–C) groups is 1. The lowest BCUT2D eigenvalue weighted by atomic mass is 10.1. The highest BCUT2D eigenvalue weighted by Crippen LogP contribution is 2.20. The van der Waals surface area contributed by atoms with Gasteiger partial charge in [0, 0.05) is 13.1 Å². The molecule has 1 aliphatic heterocycles. The van der Waals surface area contributed by atoms with Gasteiger partial charge >= 0.3 is 0 Å². The maximum Gasteiger partial charge on any atom is 0.244 e. The Kier molecular flexibility index (Phi) is 4.01. The summed E-state index contributed by atoms with van der Waals surface area (Å²) in [7, 11) is 0. The molecule has 2 rings (SSSR count). The van der Waals surface area contributed by atoms with Gasteiger partial charge in [-0.25, -0.2) is 4.99 Å². The van der Waals surface area contributed by atoms with Crippen LogP contribution in [0.2, 0.25) is 0 Å². The minimum atomic E-state index is -0.619. The van der Waals surface area contributed by atoms with E-state index in [1.165, 1.54) is 0 Å². The fraction of sp³-hybridized carbons (Fsp3) is 0.385. The van der Waals surface area contributed by atoms with Crippen LogP contribution in [0.15, 0.2) is 29.3 Å². The molecular weight excluding hydrogens is 242 g/mol. The molecule has 0 aromatic heterocycles. The zero-order chi connectivity index (χ0) is 13.8. The van der Waals surface area contributed by atoms with E-state index in [1.54, 1.807) is 24.3 Å². The van der Waals surface area contributed by atoms with Gasteiger partial charge in [0.15, 0.2) is 5.96 Å². The van der Waals surface area contributed by atoms with Gasteiger partial charge in [-0.15, -0.1) is 0 Å². The van der Waals surface area contributed by atoms with Gasteiger partial charge in [-0.05, 0) is 30.5 Å². The lowest BCUT2D eigenvalue weighted by molar-refractivity contribution is -0.131. The maximum absolute atomic E-state index is 12.1. The van der Waals surface area contributed by atoms with Crippen molar-refractivity contribution >= 4 is 17.6 Å². The van der Waals surface area contributed by atoms with Gasteiger partial charge < -0.3 is 22.1 Å². The first-order chi connectivity index (χ1) is 9.08. The SMILES string of the molecule is NC(N)=Nc1ccc(C(N)C(=O)N2CCCC2)cc1. The van der Waals surface area contributed by atoms with Crippen LogP contribution in [0.4, 0.5) is 5.69 Å². The zero-order valence-electron chi connectivity index (χ0n) is 10.7. The van der Waals surface area contributed by atoms with Crippen LogP contribution in [0, 0.1) is 0 Å². The first kappa shape index (κ1) is 13.4. The third kappa shape index (κ3) is 3.23. The average molecular weight is 261 g/mol. The summed E-state index contributed by atoms with van der Waals surface area (Å²) in [6, 6.07) is 6.42. The first-order valence-electron chi connectivity index (χ1n) is 6.32. The molecule has 1 unspecified atom stereocenters. The fourth-order valence-corrected chi connectivity index (χ4v) is 2.18. The molecule has 6 N–H and O–H groups in total. The highest BCUT2D eigenvalue weighted by Gasteiger charge is 2.24. The van der Waals surface area contributed by atoms with Gasteiger partial charge in [0.05, 0.1) is 5.69 Å². The first-order valence-corrected chi connectivity index (χ1v) is 6.32. The quantitative estimate of drug-likeness (QED) is 0.533. The number of carbonyl (C=O) groups excluding carboxylic acids is 1. The lowest BCUT2D eigenvalue weighted by Crippen LogP contribution is -2.36. The van der Waals surface area contributed by atoms with Crippen molar-refractivity contribution in [2.24, 2.45) is 22.2 Å². The molecule has 19 heavy (non-hydrogen) atoms. The Morgan fingerprint density at radius 1 is 1.16 bits per heavy atom. The highest BCUT2D eigenvalue weighted by atomic mass is 16.2. The molecule has 1 saturated heterocycles. The molecule has 6 heteroatoms. The van der Waals surface area contributed by atoms with Crippen molar-refractivity contribution in [2.75, 3.05) is 13.1 Å². The molecule has 1 heterocycles. The van der Waals surface area contributed by atoms with E-state index in [-0.39, 0.29) is 11.9 Å². The minimum absolute atomic E-state index is 0.00481. The van der Waals surface area contributed by atoms with Crippen molar-refractivity contribution in [3.63, 3.8) is 0 Å². The molecule has 1 aromatic rings. The Morgan fingerprint density at radius 2 is 1.74 bits per heavy atom. The Balaban J connectivity index is 2.08. The maximum atomic E-state index is 12.1. The fourth-order valence-electron chi connectivity index (χ4n) is 2.18. The van der Waals surface area contributed by atoms with E-state index in [2.05, 4.69) is 4.99 Å². The van der Waals surface area contributed by atoms with Crippen LogP contribution in [-0.2, 0) is 4.79 Å². The number of guanidine groups is 1. The predicted molar refractivity (Wildman–Crippen MR) is 74.7 cm³/mol.